The number of anilines is 1. The quantitative estimate of drug-likeness (QED) is 0.799. The number of rotatable bonds is 6. The van der Waals surface area contributed by atoms with Gasteiger partial charge in [0, 0.05) is 13.7 Å². The number of hydrogen-bond donors (Lipinski definition) is 0. The maximum Gasteiger partial charge on any atom is 0.158 e. The van der Waals surface area contributed by atoms with Crippen molar-refractivity contribution in [3.8, 4) is 6.07 Å². The Labute approximate surface area is 117 Å². The third-order valence-electron chi connectivity index (χ3n) is 2.78. The van der Waals surface area contributed by atoms with Gasteiger partial charge in [0.25, 0.3) is 0 Å². The van der Waals surface area contributed by atoms with E-state index in [9.17, 15) is 0 Å². The van der Waals surface area contributed by atoms with Gasteiger partial charge in [0.15, 0.2) is 5.69 Å². The molecular weight excluding hydrogens is 256 g/mol. The zero-order chi connectivity index (χ0) is 14.4. The predicted molar refractivity (Wildman–Crippen MR) is 73.1 cm³/mol. The number of ether oxygens (including phenoxy) is 1. The molecule has 0 fully saturated rings. The Morgan fingerprint density at radius 1 is 1.35 bits per heavy atom. The summed E-state index contributed by atoms with van der Waals surface area (Å²) in [5.74, 6) is 2.41. The third kappa shape index (κ3) is 3.56. The van der Waals surface area contributed by atoms with Crippen molar-refractivity contribution in [1.29, 1.82) is 5.26 Å². The van der Waals surface area contributed by atoms with Crippen LogP contribution in [-0.2, 0) is 11.3 Å². The minimum atomic E-state index is 0.300. The molecule has 0 radical (unpaired) electrons. The summed E-state index contributed by atoms with van der Waals surface area (Å²) in [7, 11) is 1.65. The maximum absolute atomic E-state index is 8.75. The fourth-order valence-corrected chi connectivity index (χ4v) is 1.78. The van der Waals surface area contributed by atoms with Crippen LogP contribution in [-0.4, -0.2) is 30.2 Å². The third-order valence-corrected chi connectivity index (χ3v) is 2.78. The van der Waals surface area contributed by atoms with E-state index in [-0.39, 0.29) is 0 Å². The minimum absolute atomic E-state index is 0.300. The van der Waals surface area contributed by atoms with Crippen LogP contribution in [0.25, 0.3) is 0 Å². The molecule has 0 aliphatic rings. The smallest absolute Gasteiger partial charge is 0.158 e. The molecule has 0 saturated heterocycles. The summed E-state index contributed by atoms with van der Waals surface area (Å²) < 4.78 is 10.7. The van der Waals surface area contributed by atoms with Crippen molar-refractivity contribution < 1.29 is 9.15 Å². The average Bonchev–Trinajstić information content (AvgIpc) is 2.89. The van der Waals surface area contributed by atoms with Gasteiger partial charge in [-0.1, -0.05) is 0 Å². The molecule has 0 spiro atoms. The molecule has 0 aliphatic heterocycles. The molecule has 20 heavy (non-hydrogen) atoms. The summed E-state index contributed by atoms with van der Waals surface area (Å²) in [6.07, 6.45) is 3.05. The van der Waals surface area contributed by atoms with Crippen LogP contribution in [0.1, 0.15) is 17.2 Å². The summed E-state index contributed by atoms with van der Waals surface area (Å²) in [6, 6.07) is 5.82. The second kappa shape index (κ2) is 6.68. The fraction of sp³-hybridized carbons (Fsp3) is 0.357. The molecule has 0 aromatic carbocycles. The number of nitrogens with zero attached hydrogens (tertiary/aromatic N) is 4. The van der Waals surface area contributed by atoms with Crippen LogP contribution < -0.4 is 4.90 Å². The molecule has 2 aromatic rings. The first-order valence-corrected chi connectivity index (χ1v) is 6.24. The number of aromatic nitrogens is 2. The first-order chi connectivity index (χ1) is 9.72. The lowest BCUT2D eigenvalue weighted by atomic mass is 10.3. The average molecular weight is 272 g/mol. The largest absolute Gasteiger partial charge is 0.464 e. The summed E-state index contributed by atoms with van der Waals surface area (Å²) >= 11 is 0. The minimum Gasteiger partial charge on any atom is -0.464 e. The van der Waals surface area contributed by atoms with Crippen molar-refractivity contribution in [3.63, 3.8) is 0 Å². The number of methoxy groups -OCH3 is 1. The lowest BCUT2D eigenvalue weighted by molar-refractivity contribution is 0.204. The van der Waals surface area contributed by atoms with E-state index >= 15 is 0 Å². The van der Waals surface area contributed by atoms with Crippen molar-refractivity contribution in [2.45, 2.75) is 13.5 Å². The van der Waals surface area contributed by atoms with Crippen LogP contribution in [0, 0.1) is 18.3 Å². The van der Waals surface area contributed by atoms with Gasteiger partial charge in [-0.15, -0.1) is 0 Å². The lowest BCUT2D eigenvalue weighted by Gasteiger charge is -2.21. The Kier molecular flexibility index (Phi) is 4.69. The van der Waals surface area contributed by atoms with Crippen molar-refractivity contribution in [1.82, 2.24) is 9.97 Å². The van der Waals surface area contributed by atoms with Gasteiger partial charge < -0.3 is 14.1 Å². The van der Waals surface area contributed by atoms with Gasteiger partial charge in [-0.3, -0.25) is 0 Å². The molecule has 6 heteroatoms. The Hall–Kier alpha value is -2.39. The summed E-state index contributed by atoms with van der Waals surface area (Å²) in [4.78, 5) is 10.3. The summed E-state index contributed by atoms with van der Waals surface area (Å²) in [5, 5.41) is 8.75. The van der Waals surface area contributed by atoms with Gasteiger partial charge in [0.1, 0.15) is 23.4 Å². The van der Waals surface area contributed by atoms with Gasteiger partial charge in [-0.2, -0.15) is 5.26 Å². The van der Waals surface area contributed by atoms with E-state index in [4.69, 9.17) is 14.4 Å². The molecule has 0 N–H and O–H groups in total. The number of furan rings is 1. The standard InChI is InChI=1S/C14H16N4O2/c1-11-3-4-13(20-11)10-18(5-6-19-2)14-9-16-12(7-15)8-17-14/h3-4,8-9H,5-6,10H2,1-2H3. The zero-order valence-electron chi connectivity index (χ0n) is 11.5. The highest BCUT2D eigenvalue weighted by molar-refractivity contribution is 5.37. The first kappa shape index (κ1) is 14.0. The van der Waals surface area contributed by atoms with E-state index in [2.05, 4.69) is 9.97 Å². The fourth-order valence-electron chi connectivity index (χ4n) is 1.78. The first-order valence-electron chi connectivity index (χ1n) is 6.24. The Morgan fingerprint density at radius 2 is 2.20 bits per heavy atom. The number of hydrogen-bond acceptors (Lipinski definition) is 6. The van der Waals surface area contributed by atoms with E-state index in [1.165, 1.54) is 6.20 Å². The van der Waals surface area contributed by atoms with Crippen molar-refractivity contribution >= 4 is 5.82 Å². The molecule has 0 aliphatic carbocycles. The van der Waals surface area contributed by atoms with Gasteiger partial charge >= 0.3 is 0 Å². The monoisotopic (exact) mass is 272 g/mol. The van der Waals surface area contributed by atoms with Crippen LogP contribution in [0.4, 0.5) is 5.82 Å². The lowest BCUT2D eigenvalue weighted by Crippen LogP contribution is -2.27. The Morgan fingerprint density at radius 3 is 2.75 bits per heavy atom. The molecule has 0 unspecified atom stereocenters. The van der Waals surface area contributed by atoms with Crippen LogP contribution in [0.2, 0.25) is 0 Å². The van der Waals surface area contributed by atoms with Crippen LogP contribution >= 0.6 is 0 Å². The molecule has 0 saturated carbocycles. The topological polar surface area (TPSA) is 75.2 Å². The van der Waals surface area contributed by atoms with Crippen molar-refractivity contribution in [2.75, 3.05) is 25.2 Å². The normalized spacial score (nSPS) is 10.2. The van der Waals surface area contributed by atoms with Crippen LogP contribution in [0.15, 0.2) is 28.9 Å². The number of nitriles is 1. The highest BCUT2D eigenvalue weighted by Crippen LogP contribution is 2.15. The van der Waals surface area contributed by atoms with E-state index in [1.54, 1.807) is 13.3 Å². The molecule has 6 nitrogen and oxygen atoms in total. The van der Waals surface area contributed by atoms with E-state index in [0.717, 1.165) is 11.5 Å². The zero-order valence-corrected chi connectivity index (χ0v) is 11.5. The van der Waals surface area contributed by atoms with Gasteiger partial charge in [0.05, 0.1) is 25.5 Å². The van der Waals surface area contributed by atoms with Crippen LogP contribution in [0.5, 0.6) is 0 Å². The second-order valence-electron chi connectivity index (χ2n) is 4.30. The van der Waals surface area contributed by atoms with Crippen LogP contribution in [0.3, 0.4) is 0 Å². The predicted octanol–water partition coefficient (Wildman–Crippen LogP) is 1.90. The maximum atomic E-state index is 8.75. The molecule has 2 aromatic heterocycles. The molecule has 0 atom stereocenters. The Balaban J connectivity index is 2.15. The highest BCUT2D eigenvalue weighted by Gasteiger charge is 2.11. The number of aryl methyl sites for hydroxylation is 1. The molecular formula is C14H16N4O2. The summed E-state index contributed by atoms with van der Waals surface area (Å²) in [5.41, 5.74) is 0.300. The molecule has 2 heterocycles. The Bertz CT molecular complexity index is 586. The van der Waals surface area contributed by atoms with Gasteiger partial charge in [-0.05, 0) is 19.1 Å². The van der Waals surface area contributed by atoms with Gasteiger partial charge in [0.2, 0.25) is 0 Å². The van der Waals surface area contributed by atoms with Gasteiger partial charge in [-0.25, -0.2) is 9.97 Å². The van der Waals surface area contributed by atoms with E-state index in [0.29, 0.717) is 31.2 Å². The van der Waals surface area contributed by atoms with Crippen molar-refractivity contribution in [2.24, 2.45) is 0 Å². The molecule has 2 rings (SSSR count). The second-order valence-corrected chi connectivity index (χ2v) is 4.30. The van der Waals surface area contributed by atoms with Crippen molar-refractivity contribution in [3.05, 3.63) is 41.7 Å². The van der Waals surface area contributed by atoms with E-state index < -0.39 is 0 Å². The molecule has 0 bridgehead atoms. The highest BCUT2D eigenvalue weighted by atomic mass is 16.5. The molecule has 104 valence electrons. The summed E-state index contributed by atoms with van der Waals surface area (Å²) in [6.45, 7) is 3.72. The SMILES string of the molecule is COCCN(Cc1ccc(C)o1)c1cnc(C#N)cn1. The van der Waals surface area contributed by atoms with E-state index in [1.807, 2.05) is 30.0 Å². The molecule has 0 amide bonds.